The smallest absolute Gasteiger partial charge is 0.224 e. The van der Waals surface area contributed by atoms with Gasteiger partial charge >= 0.3 is 0 Å². The van der Waals surface area contributed by atoms with Gasteiger partial charge in [-0.05, 0) is 51.2 Å². The molecule has 1 aliphatic carbocycles. The van der Waals surface area contributed by atoms with Crippen molar-refractivity contribution in [1.29, 1.82) is 0 Å². The van der Waals surface area contributed by atoms with Gasteiger partial charge in [0.1, 0.15) is 5.82 Å². The van der Waals surface area contributed by atoms with E-state index in [4.69, 9.17) is 0 Å². The van der Waals surface area contributed by atoms with Crippen LogP contribution in [0.1, 0.15) is 18.4 Å². The maximum absolute atomic E-state index is 4.59. The monoisotopic (exact) mass is 338 g/mol. The molecule has 0 aliphatic heterocycles. The molecule has 19 heavy (non-hydrogen) atoms. The minimum atomic E-state index is 0.607. The summed E-state index contributed by atoms with van der Waals surface area (Å²) in [7, 11) is 1.84. The van der Waals surface area contributed by atoms with Gasteiger partial charge in [-0.1, -0.05) is 0 Å². The molecule has 2 heterocycles. The Labute approximate surface area is 125 Å². The van der Waals surface area contributed by atoms with Crippen LogP contribution in [-0.2, 0) is 6.54 Å². The predicted octanol–water partition coefficient (Wildman–Crippen LogP) is 3.51. The van der Waals surface area contributed by atoms with Crippen LogP contribution in [0.5, 0.6) is 0 Å². The van der Waals surface area contributed by atoms with Gasteiger partial charge in [0.25, 0.3) is 0 Å². The number of nitrogens with zero attached hydrogens (tertiary/aromatic N) is 3. The highest BCUT2D eigenvalue weighted by Crippen LogP contribution is 2.36. The van der Waals surface area contributed by atoms with Crippen LogP contribution in [0, 0.1) is 0 Å². The predicted molar refractivity (Wildman–Crippen MR) is 82.8 cm³/mol. The number of hydrogen-bond acceptors (Lipinski definition) is 5. The molecule has 2 aromatic rings. The molecule has 1 aliphatic rings. The van der Waals surface area contributed by atoms with Gasteiger partial charge in [-0.2, -0.15) is 16.3 Å². The second kappa shape index (κ2) is 5.46. The van der Waals surface area contributed by atoms with Gasteiger partial charge < -0.3 is 10.2 Å². The quantitative estimate of drug-likeness (QED) is 0.905. The first-order valence-electron chi connectivity index (χ1n) is 6.26. The standard InChI is InChI=1S/C13H15BrN4S/c1-15-13-16-6-11(14)12(17-13)18(10-2-3-10)7-9-4-5-19-8-9/h4-6,8,10H,2-3,7H2,1H3,(H,15,16,17). The third kappa shape index (κ3) is 2.90. The molecule has 0 unspecified atom stereocenters. The Hall–Kier alpha value is -1.14. The fourth-order valence-corrected chi connectivity index (χ4v) is 3.10. The van der Waals surface area contributed by atoms with Gasteiger partial charge in [-0.3, -0.25) is 0 Å². The summed E-state index contributed by atoms with van der Waals surface area (Å²) >= 11 is 5.31. The highest BCUT2D eigenvalue weighted by Gasteiger charge is 2.31. The first-order valence-corrected chi connectivity index (χ1v) is 7.99. The molecule has 1 saturated carbocycles. The van der Waals surface area contributed by atoms with Crippen molar-refractivity contribution in [3.8, 4) is 0 Å². The van der Waals surface area contributed by atoms with Crippen molar-refractivity contribution < 1.29 is 0 Å². The molecule has 0 radical (unpaired) electrons. The van der Waals surface area contributed by atoms with E-state index in [1.165, 1.54) is 18.4 Å². The summed E-state index contributed by atoms with van der Waals surface area (Å²) in [5, 5.41) is 7.32. The van der Waals surface area contributed by atoms with Gasteiger partial charge in [0, 0.05) is 25.8 Å². The Bertz CT molecular complexity index is 554. The van der Waals surface area contributed by atoms with Crippen LogP contribution < -0.4 is 10.2 Å². The summed E-state index contributed by atoms with van der Waals surface area (Å²) in [6.45, 7) is 0.910. The Morgan fingerprint density at radius 3 is 3.00 bits per heavy atom. The molecule has 1 N–H and O–H groups in total. The largest absolute Gasteiger partial charge is 0.357 e. The number of halogens is 1. The second-order valence-corrected chi connectivity index (χ2v) is 6.24. The van der Waals surface area contributed by atoms with Crippen molar-refractivity contribution in [3.05, 3.63) is 33.1 Å². The Kier molecular flexibility index (Phi) is 3.70. The highest BCUT2D eigenvalue weighted by atomic mass is 79.9. The molecule has 0 spiro atoms. The van der Waals surface area contributed by atoms with Gasteiger partial charge in [0.2, 0.25) is 5.95 Å². The Morgan fingerprint density at radius 2 is 2.37 bits per heavy atom. The minimum Gasteiger partial charge on any atom is -0.357 e. The molecule has 3 rings (SSSR count). The maximum atomic E-state index is 4.59. The average molecular weight is 339 g/mol. The third-order valence-electron chi connectivity index (χ3n) is 3.14. The first kappa shape index (κ1) is 12.9. The van der Waals surface area contributed by atoms with Crippen LogP contribution >= 0.6 is 27.3 Å². The number of nitrogens with one attached hydrogen (secondary N) is 1. The normalized spacial score (nSPS) is 14.4. The zero-order valence-corrected chi connectivity index (χ0v) is 13.0. The van der Waals surface area contributed by atoms with Crippen LogP contribution in [0.15, 0.2) is 27.5 Å². The van der Waals surface area contributed by atoms with E-state index in [9.17, 15) is 0 Å². The average Bonchev–Trinajstić information content (AvgIpc) is 3.14. The molecule has 0 bridgehead atoms. The lowest BCUT2D eigenvalue weighted by atomic mass is 10.3. The fourth-order valence-electron chi connectivity index (χ4n) is 2.02. The molecule has 0 amide bonds. The van der Waals surface area contributed by atoms with E-state index in [-0.39, 0.29) is 0 Å². The summed E-state index contributed by atoms with van der Waals surface area (Å²) in [5.41, 5.74) is 1.34. The van der Waals surface area contributed by atoms with E-state index in [1.54, 1.807) is 11.3 Å². The maximum Gasteiger partial charge on any atom is 0.224 e. The van der Waals surface area contributed by atoms with E-state index < -0.39 is 0 Å². The van der Waals surface area contributed by atoms with Crippen molar-refractivity contribution in [2.45, 2.75) is 25.4 Å². The molecule has 1 fully saturated rings. The van der Waals surface area contributed by atoms with Crippen LogP contribution in [0.3, 0.4) is 0 Å². The van der Waals surface area contributed by atoms with E-state index in [0.29, 0.717) is 12.0 Å². The molecular weight excluding hydrogens is 324 g/mol. The van der Waals surface area contributed by atoms with E-state index in [2.05, 4.69) is 52.9 Å². The van der Waals surface area contributed by atoms with Crippen LogP contribution in [0.25, 0.3) is 0 Å². The number of rotatable bonds is 5. The van der Waals surface area contributed by atoms with Crippen molar-refractivity contribution in [2.75, 3.05) is 17.3 Å². The Balaban J connectivity index is 1.91. The van der Waals surface area contributed by atoms with Crippen molar-refractivity contribution >= 4 is 39.0 Å². The number of anilines is 2. The van der Waals surface area contributed by atoms with E-state index >= 15 is 0 Å². The summed E-state index contributed by atoms with van der Waals surface area (Å²) < 4.78 is 0.952. The van der Waals surface area contributed by atoms with Crippen LogP contribution in [0.4, 0.5) is 11.8 Å². The third-order valence-corrected chi connectivity index (χ3v) is 4.43. The molecular formula is C13H15BrN4S. The van der Waals surface area contributed by atoms with Gasteiger partial charge in [0.05, 0.1) is 4.47 Å². The molecule has 100 valence electrons. The van der Waals surface area contributed by atoms with Crippen molar-refractivity contribution in [3.63, 3.8) is 0 Å². The Morgan fingerprint density at radius 1 is 1.53 bits per heavy atom. The number of hydrogen-bond donors (Lipinski definition) is 1. The lowest BCUT2D eigenvalue weighted by molar-refractivity contribution is 0.775. The van der Waals surface area contributed by atoms with Gasteiger partial charge in [-0.25, -0.2) is 4.98 Å². The van der Waals surface area contributed by atoms with Crippen molar-refractivity contribution in [2.24, 2.45) is 0 Å². The van der Waals surface area contributed by atoms with E-state index in [0.717, 1.165) is 16.8 Å². The molecule has 6 heteroatoms. The lowest BCUT2D eigenvalue weighted by Crippen LogP contribution is -2.26. The van der Waals surface area contributed by atoms with E-state index in [1.807, 2.05) is 13.2 Å². The number of thiophene rings is 1. The topological polar surface area (TPSA) is 41.1 Å². The van der Waals surface area contributed by atoms with Gasteiger partial charge in [0.15, 0.2) is 0 Å². The second-order valence-electron chi connectivity index (χ2n) is 4.61. The van der Waals surface area contributed by atoms with Crippen molar-refractivity contribution in [1.82, 2.24) is 9.97 Å². The number of aromatic nitrogens is 2. The van der Waals surface area contributed by atoms with Crippen LogP contribution in [0.2, 0.25) is 0 Å². The van der Waals surface area contributed by atoms with Crippen LogP contribution in [-0.4, -0.2) is 23.1 Å². The summed E-state index contributed by atoms with van der Waals surface area (Å²) in [4.78, 5) is 11.2. The molecule has 4 nitrogen and oxygen atoms in total. The molecule has 0 aromatic carbocycles. The summed E-state index contributed by atoms with van der Waals surface area (Å²) in [6.07, 6.45) is 4.31. The highest BCUT2D eigenvalue weighted by molar-refractivity contribution is 9.10. The SMILES string of the molecule is CNc1ncc(Br)c(N(Cc2ccsc2)C2CC2)n1. The molecule has 0 atom stereocenters. The zero-order valence-electron chi connectivity index (χ0n) is 10.6. The first-order chi connectivity index (χ1) is 9.28. The minimum absolute atomic E-state index is 0.607. The van der Waals surface area contributed by atoms with Gasteiger partial charge in [-0.15, -0.1) is 0 Å². The zero-order chi connectivity index (χ0) is 13.2. The summed E-state index contributed by atoms with van der Waals surface area (Å²) in [5.74, 6) is 1.64. The molecule has 2 aromatic heterocycles. The molecule has 0 saturated heterocycles. The fraction of sp³-hybridized carbons (Fsp3) is 0.385. The lowest BCUT2D eigenvalue weighted by Gasteiger charge is -2.24. The summed E-state index contributed by atoms with van der Waals surface area (Å²) in [6, 6.07) is 2.78.